The van der Waals surface area contributed by atoms with Crippen LogP contribution in [0.5, 0.6) is 11.5 Å². The van der Waals surface area contributed by atoms with Gasteiger partial charge in [-0.3, -0.25) is 4.90 Å². The van der Waals surface area contributed by atoms with Gasteiger partial charge in [-0.25, -0.2) is 0 Å². The summed E-state index contributed by atoms with van der Waals surface area (Å²) in [6.45, 7) is 1.80. The highest BCUT2D eigenvalue weighted by Gasteiger charge is 2.56. The minimum absolute atomic E-state index is 0.103. The number of hydrogen-bond acceptors (Lipinski definition) is 6. The Balaban J connectivity index is 1.67. The van der Waals surface area contributed by atoms with E-state index in [1.54, 1.807) is 0 Å². The third-order valence-electron chi connectivity index (χ3n) is 5.98. The monoisotopic (exact) mass is 331 g/mol. The predicted molar refractivity (Wildman–Crippen MR) is 84.8 cm³/mol. The highest BCUT2D eigenvalue weighted by Crippen LogP contribution is 2.54. The maximum Gasteiger partial charge on any atom is 0.231 e. The molecule has 0 unspecified atom stereocenters. The molecule has 0 radical (unpaired) electrons. The fourth-order valence-electron chi connectivity index (χ4n) is 5.02. The smallest absolute Gasteiger partial charge is 0.231 e. The van der Waals surface area contributed by atoms with Crippen LogP contribution in [-0.4, -0.2) is 53.4 Å². The molecule has 1 aromatic rings. The lowest BCUT2D eigenvalue weighted by Crippen LogP contribution is -2.46. The van der Waals surface area contributed by atoms with Gasteiger partial charge in [-0.1, -0.05) is 0 Å². The van der Waals surface area contributed by atoms with Crippen LogP contribution < -0.4 is 9.47 Å². The maximum absolute atomic E-state index is 11.0. The first-order valence-corrected chi connectivity index (χ1v) is 8.55. The molecule has 6 heteroatoms. The molecular formula is C18H21NO5. The van der Waals surface area contributed by atoms with E-state index in [4.69, 9.17) is 19.3 Å². The fourth-order valence-corrected chi connectivity index (χ4v) is 5.02. The SMILES string of the molecule is OCOC1=C[C@]23CCCN2CCc2cc4c(cc2[C@@H]3[C@@H]1O)OCO4. The summed E-state index contributed by atoms with van der Waals surface area (Å²) in [5.74, 6) is 1.92. The zero-order chi connectivity index (χ0) is 16.3. The molecule has 1 aromatic carbocycles. The molecule has 4 aliphatic rings. The Kier molecular flexibility index (Phi) is 3.11. The van der Waals surface area contributed by atoms with E-state index in [2.05, 4.69) is 11.0 Å². The molecule has 0 saturated carbocycles. The van der Waals surface area contributed by atoms with Crippen LogP contribution >= 0.6 is 0 Å². The van der Waals surface area contributed by atoms with E-state index >= 15 is 0 Å². The zero-order valence-corrected chi connectivity index (χ0v) is 13.4. The van der Waals surface area contributed by atoms with Gasteiger partial charge in [-0.15, -0.1) is 0 Å². The van der Waals surface area contributed by atoms with Crippen molar-refractivity contribution in [3.8, 4) is 11.5 Å². The highest BCUT2D eigenvalue weighted by atomic mass is 16.7. The third-order valence-corrected chi connectivity index (χ3v) is 5.98. The van der Waals surface area contributed by atoms with Gasteiger partial charge < -0.3 is 24.4 Å². The molecule has 1 saturated heterocycles. The van der Waals surface area contributed by atoms with Crippen molar-refractivity contribution >= 4 is 0 Å². The van der Waals surface area contributed by atoms with Gasteiger partial charge in [0.2, 0.25) is 6.79 Å². The quantitative estimate of drug-likeness (QED) is 0.791. The molecule has 3 atom stereocenters. The molecule has 0 aromatic heterocycles. The van der Waals surface area contributed by atoms with E-state index in [9.17, 15) is 5.11 Å². The Morgan fingerprint density at radius 3 is 2.92 bits per heavy atom. The Hall–Kier alpha value is -1.76. The number of fused-ring (bicyclic) bond motifs is 3. The lowest BCUT2D eigenvalue weighted by atomic mass is 9.78. The van der Waals surface area contributed by atoms with Crippen LogP contribution in [0.4, 0.5) is 0 Å². The van der Waals surface area contributed by atoms with Gasteiger partial charge in [-0.05, 0) is 55.1 Å². The van der Waals surface area contributed by atoms with E-state index in [0.717, 1.165) is 49.4 Å². The van der Waals surface area contributed by atoms with Crippen LogP contribution in [0.25, 0.3) is 0 Å². The number of nitrogens with zero attached hydrogens (tertiary/aromatic N) is 1. The van der Waals surface area contributed by atoms with Crippen molar-refractivity contribution in [2.75, 3.05) is 26.7 Å². The molecule has 0 amide bonds. The predicted octanol–water partition coefficient (Wildman–Crippen LogP) is 1.11. The summed E-state index contributed by atoms with van der Waals surface area (Å²) in [6.07, 6.45) is 4.31. The summed E-state index contributed by atoms with van der Waals surface area (Å²) < 4.78 is 16.4. The lowest BCUT2D eigenvalue weighted by Gasteiger charge is -2.38. The van der Waals surface area contributed by atoms with Gasteiger partial charge in [0.15, 0.2) is 18.3 Å². The molecule has 0 bridgehead atoms. The summed E-state index contributed by atoms with van der Waals surface area (Å²) in [6, 6.07) is 4.09. The average Bonchev–Trinajstić information content (AvgIpc) is 3.23. The van der Waals surface area contributed by atoms with Gasteiger partial charge in [0.25, 0.3) is 0 Å². The first-order valence-electron chi connectivity index (χ1n) is 8.55. The molecule has 6 nitrogen and oxygen atoms in total. The van der Waals surface area contributed by atoms with Gasteiger partial charge in [-0.2, -0.15) is 0 Å². The summed E-state index contributed by atoms with van der Waals surface area (Å²) >= 11 is 0. The van der Waals surface area contributed by atoms with Gasteiger partial charge >= 0.3 is 0 Å². The van der Waals surface area contributed by atoms with Gasteiger partial charge in [0.1, 0.15) is 11.9 Å². The van der Waals surface area contributed by atoms with Crippen LogP contribution in [0.3, 0.4) is 0 Å². The van der Waals surface area contributed by atoms with Crippen LogP contribution in [0.2, 0.25) is 0 Å². The van der Waals surface area contributed by atoms with Crippen LogP contribution in [0.15, 0.2) is 24.0 Å². The van der Waals surface area contributed by atoms with Crippen molar-refractivity contribution in [2.45, 2.75) is 36.8 Å². The molecular weight excluding hydrogens is 310 g/mol. The lowest BCUT2D eigenvalue weighted by molar-refractivity contribution is 0.00396. The van der Waals surface area contributed by atoms with Crippen LogP contribution in [0.1, 0.15) is 29.9 Å². The third kappa shape index (κ3) is 1.82. The summed E-state index contributed by atoms with van der Waals surface area (Å²) in [7, 11) is 0. The number of benzene rings is 1. The molecule has 1 spiro atoms. The molecule has 1 aliphatic carbocycles. The number of hydrogen-bond donors (Lipinski definition) is 2. The largest absolute Gasteiger partial charge is 0.470 e. The van der Waals surface area contributed by atoms with E-state index in [0.29, 0.717) is 5.76 Å². The first kappa shape index (κ1) is 14.6. The van der Waals surface area contributed by atoms with Gasteiger partial charge in [0.05, 0.1) is 5.54 Å². The Labute approximate surface area is 140 Å². The second kappa shape index (κ2) is 5.12. The van der Waals surface area contributed by atoms with Crippen molar-refractivity contribution in [1.29, 1.82) is 0 Å². The molecule has 5 rings (SSSR count). The Morgan fingerprint density at radius 2 is 2.08 bits per heavy atom. The maximum atomic E-state index is 11.0. The summed E-state index contributed by atoms with van der Waals surface area (Å²) in [5.41, 5.74) is 2.09. The second-order valence-corrected chi connectivity index (χ2v) is 6.98. The Morgan fingerprint density at radius 1 is 1.25 bits per heavy atom. The van der Waals surface area contributed by atoms with E-state index in [-0.39, 0.29) is 18.2 Å². The zero-order valence-electron chi connectivity index (χ0n) is 13.4. The number of ether oxygens (including phenoxy) is 3. The molecule has 2 N–H and O–H groups in total. The Bertz CT molecular complexity index is 718. The van der Waals surface area contributed by atoms with E-state index in [1.165, 1.54) is 5.56 Å². The molecule has 3 heterocycles. The van der Waals surface area contributed by atoms with Crippen LogP contribution in [-0.2, 0) is 11.2 Å². The normalized spacial score (nSPS) is 33.5. The van der Waals surface area contributed by atoms with Crippen LogP contribution in [0, 0.1) is 0 Å². The second-order valence-electron chi connectivity index (χ2n) is 6.98. The highest BCUT2D eigenvalue weighted by molar-refractivity contribution is 5.54. The summed E-state index contributed by atoms with van der Waals surface area (Å²) in [5, 5.41) is 20.1. The minimum atomic E-state index is -0.755. The van der Waals surface area contributed by atoms with Crippen molar-refractivity contribution < 1.29 is 24.4 Å². The minimum Gasteiger partial charge on any atom is -0.470 e. The number of rotatable bonds is 2. The molecule has 128 valence electrons. The molecule has 1 fully saturated rings. The standard InChI is InChI=1S/C18H21NO5/c20-9-22-15-8-18-3-1-4-19(18)5-2-11-6-13-14(24-10-23-13)7-12(11)16(18)17(15)21/h6-8,16-17,20-21H,1-5,9-10H2/t16-,17-,18+/m1/s1. The van der Waals surface area contributed by atoms with Gasteiger partial charge in [0, 0.05) is 12.5 Å². The van der Waals surface area contributed by atoms with E-state index in [1.807, 2.05) is 12.1 Å². The number of aliphatic hydroxyl groups excluding tert-OH is 2. The van der Waals surface area contributed by atoms with E-state index < -0.39 is 12.9 Å². The molecule has 3 aliphatic heterocycles. The average molecular weight is 331 g/mol. The first-order chi connectivity index (χ1) is 11.7. The summed E-state index contributed by atoms with van der Waals surface area (Å²) in [4.78, 5) is 2.46. The fraction of sp³-hybridized carbons (Fsp3) is 0.556. The van der Waals surface area contributed by atoms with Crippen molar-refractivity contribution in [1.82, 2.24) is 4.90 Å². The van der Waals surface area contributed by atoms with Crippen molar-refractivity contribution in [3.63, 3.8) is 0 Å². The topological polar surface area (TPSA) is 71.4 Å². The van der Waals surface area contributed by atoms with Crippen molar-refractivity contribution in [3.05, 3.63) is 35.1 Å². The molecule has 24 heavy (non-hydrogen) atoms. The van der Waals surface area contributed by atoms with Crippen molar-refractivity contribution in [2.24, 2.45) is 0 Å². The number of aliphatic hydroxyl groups is 2.